The van der Waals surface area contributed by atoms with Gasteiger partial charge in [0.15, 0.2) is 0 Å². The van der Waals surface area contributed by atoms with Crippen molar-refractivity contribution >= 4 is 6.65 Å². The summed E-state index contributed by atoms with van der Waals surface area (Å²) in [6, 6.07) is 18.3. The molecular weight excluding hydrogens is 503 g/mol. The molecule has 4 rings (SSSR count). The third-order valence-electron chi connectivity index (χ3n) is 5.98. The van der Waals surface area contributed by atoms with Crippen LogP contribution in [0.15, 0.2) is 69.5 Å². The largest absolute Gasteiger partial charge is 1.00 e. The number of hydrogen-bond donors (Lipinski definition) is 0. The van der Waals surface area contributed by atoms with E-state index in [-0.39, 0.29) is 31.5 Å². The van der Waals surface area contributed by atoms with E-state index in [1.807, 2.05) is 3.28 Å². The number of allylic oxidation sites excluding steroid dienone is 4. The van der Waals surface area contributed by atoms with Gasteiger partial charge < -0.3 is 24.8 Å². The van der Waals surface area contributed by atoms with Crippen LogP contribution in [0.3, 0.4) is 0 Å². The van der Waals surface area contributed by atoms with Crippen molar-refractivity contribution in [2.24, 2.45) is 0 Å². The van der Waals surface area contributed by atoms with Gasteiger partial charge >= 0.3 is 143 Å². The molecule has 0 fully saturated rings. The number of halogens is 2. The van der Waals surface area contributed by atoms with E-state index in [0.29, 0.717) is 0 Å². The van der Waals surface area contributed by atoms with Gasteiger partial charge in [-0.2, -0.15) is 0 Å². The van der Waals surface area contributed by atoms with E-state index >= 15 is 0 Å². The molecule has 0 spiro atoms. The quantitative estimate of drug-likeness (QED) is 0.386. The van der Waals surface area contributed by atoms with Crippen LogP contribution in [0.2, 0.25) is 6.55 Å². The van der Waals surface area contributed by atoms with Crippen molar-refractivity contribution in [3.05, 3.63) is 80.7 Å². The Balaban J connectivity index is 0.000000500. The summed E-state index contributed by atoms with van der Waals surface area (Å²) in [6.45, 7) is 9.35. The second-order valence-electron chi connectivity index (χ2n) is 8.02. The van der Waals surface area contributed by atoms with Crippen molar-refractivity contribution < 1.29 is 45.7 Å². The zero-order valence-corrected chi connectivity index (χ0v) is 24.2. The monoisotopic (exact) mass is 535 g/mol. The summed E-state index contributed by atoms with van der Waals surface area (Å²) < 4.78 is 2.64. The SMILES string of the molecule is CCCCCC.C[SiH2][Zr+2]([C]1=CC(C)=CC1)[CH]1c2ccccc2-c2ccccc21.[Cl-].[Cl-]. The predicted molar refractivity (Wildman–Crippen MR) is 124 cm³/mol. The van der Waals surface area contributed by atoms with Crippen molar-refractivity contribution in [3.63, 3.8) is 0 Å². The van der Waals surface area contributed by atoms with Gasteiger partial charge in [0.2, 0.25) is 0 Å². The summed E-state index contributed by atoms with van der Waals surface area (Å²) in [7, 11) is 0. The van der Waals surface area contributed by atoms with Crippen LogP contribution in [0.25, 0.3) is 11.1 Å². The maximum Gasteiger partial charge on any atom is -1.00 e. The third kappa shape index (κ3) is 6.32. The molecule has 161 valence electrons. The minimum absolute atomic E-state index is 0. The van der Waals surface area contributed by atoms with Crippen LogP contribution < -0.4 is 24.8 Å². The molecule has 2 aliphatic rings. The molecule has 0 heterocycles. The molecule has 0 radical (unpaired) electrons. The Morgan fingerprint density at radius 2 is 1.37 bits per heavy atom. The fraction of sp³-hybridized carbons (Fsp3) is 0.385. The van der Waals surface area contributed by atoms with E-state index in [9.17, 15) is 0 Å². The number of fused-ring (bicyclic) bond motifs is 3. The molecule has 0 aliphatic heterocycles. The van der Waals surface area contributed by atoms with E-state index < -0.39 is 20.9 Å². The maximum absolute atomic E-state index is 2.56. The average molecular weight is 538 g/mol. The molecule has 2 aromatic rings. The zero-order chi connectivity index (χ0) is 19.9. The third-order valence-corrected chi connectivity index (χ3v) is 23.6. The fourth-order valence-corrected chi connectivity index (χ4v) is 21.7. The van der Waals surface area contributed by atoms with Crippen molar-refractivity contribution in [3.8, 4) is 11.1 Å². The van der Waals surface area contributed by atoms with Gasteiger partial charge in [0.05, 0.1) is 0 Å². The van der Waals surface area contributed by atoms with Crippen LogP contribution >= 0.6 is 0 Å². The van der Waals surface area contributed by atoms with Gasteiger partial charge in [0, 0.05) is 0 Å². The molecular formula is C26H35Cl2SiZr. The topological polar surface area (TPSA) is 0 Å². The molecule has 2 aromatic carbocycles. The average Bonchev–Trinajstić information content (AvgIpc) is 3.30. The van der Waals surface area contributed by atoms with E-state index in [1.54, 1.807) is 11.1 Å². The van der Waals surface area contributed by atoms with E-state index in [0.717, 1.165) is 3.63 Å². The Morgan fingerprint density at radius 1 is 0.867 bits per heavy atom. The van der Waals surface area contributed by atoms with E-state index in [2.05, 4.69) is 88.0 Å². The molecule has 2 aliphatic carbocycles. The van der Waals surface area contributed by atoms with Gasteiger partial charge in [0.25, 0.3) is 0 Å². The van der Waals surface area contributed by atoms with Crippen molar-refractivity contribution in [1.82, 2.24) is 0 Å². The smallest absolute Gasteiger partial charge is 1.00 e. The fourth-order valence-electron chi connectivity index (χ4n) is 4.53. The van der Waals surface area contributed by atoms with Crippen LogP contribution in [0.5, 0.6) is 0 Å². The summed E-state index contributed by atoms with van der Waals surface area (Å²) >= 11 is -1.56. The molecule has 30 heavy (non-hydrogen) atoms. The molecule has 4 heteroatoms. The summed E-state index contributed by atoms with van der Waals surface area (Å²) in [6.07, 6.45) is 11.8. The summed E-state index contributed by atoms with van der Waals surface area (Å²) in [5, 5.41) is 0. The van der Waals surface area contributed by atoms with Crippen molar-refractivity contribution in [1.29, 1.82) is 0 Å². The Kier molecular flexibility index (Phi) is 12.8. The Morgan fingerprint density at radius 3 is 1.77 bits per heavy atom. The zero-order valence-electron chi connectivity index (χ0n) is 18.8. The van der Waals surface area contributed by atoms with Crippen LogP contribution in [-0.4, -0.2) is 6.65 Å². The first-order valence-corrected chi connectivity index (χ1v) is 21.1. The molecule has 0 saturated heterocycles. The predicted octanol–water partition coefficient (Wildman–Crippen LogP) is 1.34. The normalized spacial score (nSPS) is 14.0. The van der Waals surface area contributed by atoms with Crippen LogP contribution in [-0.2, 0) is 20.9 Å². The summed E-state index contributed by atoms with van der Waals surface area (Å²) in [5.41, 5.74) is 7.78. The molecule has 0 aromatic heterocycles. The second-order valence-corrected chi connectivity index (χ2v) is 24.0. The van der Waals surface area contributed by atoms with E-state index in [4.69, 9.17) is 0 Å². The minimum Gasteiger partial charge on any atom is -1.00 e. The Hall–Kier alpha value is -0.400. The summed E-state index contributed by atoms with van der Waals surface area (Å²) in [5.74, 6) is 0. The van der Waals surface area contributed by atoms with Gasteiger partial charge in [-0.1, -0.05) is 39.5 Å². The molecule has 0 atom stereocenters. The number of unbranched alkanes of at least 4 members (excludes halogenated alkanes) is 3. The van der Waals surface area contributed by atoms with E-state index in [1.165, 1.54) is 48.8 Å². The Labute approximate surface area is 205 Å². The number of benzene rings is 2. The van der Waals surface area contributed by atoms with Gasteiger partial charge in [-0.3, -0.25) is 0 Å². The standard InChI is InChI=1S/C13H9.C6H7.C6H14.CH5Si.2ClH.Zr/c1-3-7-12-10(5-1)9-11-6-2-4-8-13(11)12;1-6-4-2-3-5-6;1-3-5-6-4-2;1-2;;;/h1-9H;4-5H,2H2,1H3;3-6H2,1-2H3;2H2,1H3;2*1H;/q;;;;;;+2/p-2. The second kappa shape index (κ2) is 13.9. The molecule has 0 saturated carbocycles. The van der Waals surface area contributed by atoms with Crippen LogP contribution in [0.1, 0.15) is 67.6 Å². The van der Waals surface area contributed by atoms with Gasteiger partial charge in [0.1, 0.15) is 0 Å². The molecule has 0 amide bonds. The van der Waals surface area contributed by atoms with Crippen molar-refractivity contribution in [2.75, 3.05) is 0 Å². The maximum atomic E-state index is 2.56. The number of rotatable bonds is 6. The molecule has 0 bridgehead atoms. The molecule has 0 nitrogen and oxygen atoms in total. The molecule has 0 unspecified atom stereocenters. The van der Waals surface area contributed by atoms with Gasteiger partial charge in [-0.25, -0.2) is 0 Å². The summed E-state index contributed by atoms with van der Waals surface area (Å²) in [4.78, 5) is 0. The first kappa shape index (κ1) is 27.6. The first-order chi connectivity index (χ1) is 13.7. The van der Waals surface area contributed by atoms with Gasteiger partial charge in [-0.05, 0) is 0 Å². The molecule has 0 N–H and O–H groups in total. The minimum atomic E-state index is -1.56. The number of hydrogen-bond acceptors (Lipinski definition) is 0. The van der Waals surface area contributed by atoms with Crippen LogP contribution in [0.4, 0.5) is 0 Å². The van der Waals surface area contributed by atoms with Crippen LogP contribution in [0, 0.1) is 0 Å². The van der Waals surface area contributed by atoms with Gasteiger partial charge in [-0.15, -0.1) is 0 Å². The first-order valence-electron chi connectivity index (χ1n) is 11.1. The van der Waals surface area contributed by atoms with Crippen molar-refractivity contribution in [2.45, 2.75) is 63.0 Å². The Bertz CT molecular complexity index is 810.